The van der Waals surface area contributed by atoms with Crippen LogP contribution >= 0.6 is 0 Å². The van der Waals surface area contributed by atoms with Crippen LogP contribution in [0.4, 0.5) is 0 Å². The summed E-state index contributed by atoms with van der Waals surface area (Å²) >= 11 is 0. The summed E-state index contributed by atoms with van der Waals surface area (Å²) in [5.74, 6) is 1.35. The lowest BCUT2D eigenvalue weighted by molar-refractivity contribution is 0.103. The minimum absolute atomic E-state index is 0.108. The highest BCUT2D eigenvalue weighted by Crippen LogP contribution is 2.41. The smallest absolute Gasteiger partial charge is 0.201 e. The summed E-state index contributed by atoms with van der Waals surface area (Å²) < 4.78 is 16.4. The van der Waals surface area contributed by atoms with Crippen LogP contribution in [-0.2, 0) is 6.61 Å². The number of hydrogen-bond acceptors (Lipinski definition) is 4. The van der Waals surface area contributed by atoms with Gasteiger partial charge >= 0.3 is 0 Å². The summed E-state index contributed by atoms with van der Waals surface area (Å²) in [7, 11) is 3.08. The zero-order valence-electron chi connectivity index (χ0n) is 11.3. The Morgan fingerprint density at radius 1 is 1.00 bits per heavy atom. The number of hydrogen-bond donors (Lipinski definition) is 0. The van der Waals surface area contributed by atoms with E-state index in [0.717, 1.165) is 5.56 Å². The van der Waals surface area contributed by atoms with E-state index in [0.29, 0.717) is 35.0 Å². The first-order valence-electron chi connectivity index (χ1n) is 6.26. The fourth-order valence-corrected chi connectivity index (χ4v) is 2.39. The second kappa shape index (κ2) is 4.89. The Labute approximate surface area is 116 Å². The first kappa shape index (κ1) is 12.5. The molecule has 0 N–H and O–H groups in total. The van der Waals surface area contributed by atoms with Gasteiger partial charge in [0.05, 0.1) is 14.2 Å². The molecule has 1 aliphatic rings. The van der Waals surface area contributed by atoms with Gasteiger partial charge in [0, 0.05) is 11.1 Å². The van der Waals surface area contributed by atoms with E-state index in [1.807, 2.05) is 18.2 Å². The highest BCUT2D eigenvalue weighted by molar-refractivity contribution is 6.14. The van der Waals surface area contributed by atoms with Gasteiger partial charge in [0.1, 0.15) is 17.9 Å². The van der Waals surface area contributed by atoms with E-state index in [2.05, 4.69) is 0 Å². The lowest BCUT2D eigenvalue weighted by Crippen LogP contribution is -2.05. The molecule has 0 saturated carbocycles. The third kappa shape index (κ3) is 1.81. The van der Waals surface area contributed by atoms with Crippen LogP contribution in [0.15, 0.2) is 36.4 Å². The van der Waals surface area contributed by atoms with Crippen LogP contribution in [0.1, 0.15) is 21.5 Å². The Balaban J connectivity index is 2.26. The first-order valence-corrected chi connectivity index (χ1v) is 6.26. The van der Waals surface area contributed by atoms with Crippen LogP contribution in [0, 0.1) is 0 Å². The third-order valence-electron chi connectivity index (χ3n) is 3.38. The van der Waals surface area contributed by atoms with Crippen molar-refractivity contribution in [1.29, 1.82) is 0 Å². The summed E-state index contributed by atoms with van der Waals surface area (Å²) in [4.78, 5) is 12.8. The van der Waals surface area contributed by atoms with Crippen molar-refractivity contribution < 1.29 is 19.0 Å². The topological polar surface area (TPSA) is 44.8 Å². The molecule has 2 aromatic carbocycles. The van der Waals surface area contributed by atoms with Gasteiger partial charge in [-0.2, -0.15) is 0 Å². The fraction of sp³-hybridized carbons (Fsp3) is 0.188. The number of carbonyl (C=O) groups is 1. The van der Waals surface area contributed by atoms with Crippen molar-refractivity contribution in [3.8, 4) is 17.2 Å². The molecule has 0 aromatic heterocycles. The summed E-state index contributed by atoms with van der Waals surface area (Å²) in [6.45, 7) is 0.332. The molecule has 0 bridgehead atoms. The molecule has 0 unspecified atom stereocenters. The van der Waals surface area contributed by atoms with Crippen LogP contribution in [0.2, 0.25) is 0 Å². The summed E-state index contributed by atoms with van der Waals surface area (Å²) in [5, 5.41) is 0. The van der Waals surface area contributed by atoms with Gasteiger partial charge in [-0.25, -0.2) is 0 Å². The molecule has 3 rings (SSSR count). The summed E-state index contributed by atoms with van der Waals surface area (Å²) in [6.07, 6.45) is 0. The molecule has 4 nitrogen and oxygen atoms in total. The summed E-state index contributed by atoms with van der Waals surface area (Å²) in [5.41, 5.74) is 1.91. The van der Waals surface area contributed by atoms with Gasteiger partial charge in [-0.05, 0) is 12.1 Å². The van der Waals surface area contributed by atoms with Gasteiger partial charge in [0.15, 0.2) is 11.5 Å². The maximum Gasteiger partial charge on any atom is 0.201 e. The molecule has 0 radical (unpaired) electrons. The Morgan fingerprint density at radius 3 is 2.45 bits per heavy atom. The third-order valence-corrected chi connectivity index (χ3v) is 3.38. The summed E-state index contributed by atoms with van der Waals surface area (Å²) in [6, 6.07) is 10.9. The van der Waals surface area contributed by atoms with E-state index in [1.54, 1.807) is 25.3 Å². The molecule has 0 atom stereocenters. The number of fused-ring (bicyclic) bond motifs is 2. The zero-order valence-corrected chi connectivity index (χ0v) is 11.3. The van der Waals surface area contributed by atoms with Crippen LogP contribution in [0.5, 0.6) is 17.2 Å². The number of benzene rings is 2. The largest absolute Gasteiger partial charge is 0.496 e. The van der Waals surface area contributed by atoms with Gasteiger partial charge < -0.3 is 14.2 Å². The molecule has 102 valence electrons. The number of ether oxygens (including phenoxy) is 3. The second-order valence-corrected chi connectivity index (χ2v) is 4.45. The van der Waals surface area contributed by atoms with Gasteiger partial charge in [-0.15, -0.1) is 0 Å². The van der Waals surface area contributed by atoms with E-state index in [1.165, 1.54) is 7.11 Å². The van der Waals surface area contributed by atoms with Crippen molar-refractivity contribution in [2.45, 2.75) is 6.61 Å². The molecule has 0 aliphatic carbocycles. The second-order valence-electron chi connectivity index (χ2n) is 4.45. The average Bonchev–Trinajstić information content (AvgIpc) is 2.65. The van der Waals surface area contributed by atoms with Gasteiger partial charge in [-0.3, -0.25) is 4.79 Å². The maximum absolute atomic E-state index is 12.8. The van der Waals surface area contributed by atoms with E-state index in [9.17, 15) is 4.79 Å². The molecule has 1 heterocycles. The predicted octanol–water partition coefficient (Wildman–Crippen LogP) is 2.83. The van der Waals surface area contributed by atoms with Crippen LogP contribution < -0.4 is 14.2 Å². The van der Waals surface area contributed by atoms with Crippen molar-refractivity contribution in [3.05, 3.63) is 53.1 Å². The maximum atomic E-state index is 12.8. The van der Waals surface area contributed by atoms with Crippen molar-refractivity contribution in [2.24, 2.45) is 0 Å². The molecule has 20 heavy (non-hydrogen) atoms. The lowest BCUT2D eigenvalue weighted by Gasteiger charge is -2.14. The van der Waals surface area contributed by atoms with Crippen molar-refractivity contribution >= 4 is 5.78 Å². The van der Waals surface area contributed by atoms with Gasteiger partial charge in [0.25, 0.3) is 0 Å². The van der Waals surface area contributed by atoms with E-state index >= 15 is 0 Å². The fourth-order valence-electron chi connectivity index (χ4n) is 2.39. The molecule has 1 aliphatic heterocycles. The normalized spacial score (nSPS) is 12.8. The van der Waals surface area contributed by atoms with Crippen molar-refractivity contribution in [2.75, 3.05) is 14.2 Å². The van der Waals surface area contributed by atoms with E-state index in [4.69, 9.17) is 14.2 Å². The lowest BCUT2D eigenvalue weighted by atomic mass is 9.98. The molecule has 0 saturated heterocycles. The quantitative estimate of drug-likeness (QED) is 0.841. The highest BCUT2D eigenvalue weighted by atomic mass is 16.5. The molecule has 2 aromatic rings. The Kier molecular flexibility index (Phi) is 3.06. The predicted molar refractivity (Wildman–Crippen MR) is 73.8 cm³/mol. The Bertz CT molecular complexity index is 676. The van der Waals surface area contributed by atoms with Gasteiger partial charge in [0.2, 0.25) is 5.78 Å². The minimum Gasteiger partial charge on any atom is -0.496 e. The zero-order chi connectivity index (χ0) is 14.1. The average molecular weight is 270 g/mol. The van der Waals surface area contributed by atoms with Gasteiger partial charge in [-0.1, -0.05) is 24.3 Å². The molecule has 0 spiro atoms. The molecular weight excluding hydrogens is 256 g/mol. The number of methoxy groups -OCH3 is 2. The van der Waals surface area contributed by atoms with Crippen molar-refractivity contribution in [3.63, 3.8) is 0 Å². The van der Waals surface area contributed by atoms with E-state index < -0.39 is 0 Å². The number of carbonyl (C=O) groups excluding carboxylic acids is 1. The SMILES string of the molecule is COc1ccc(OC)c2c1OCc1ccccc1C2=O. The van der Waals surface area contributed by atoms with E-state index in [-0.39, 0.29) is 5.78 Å². The number of rotatable bonds is 2. The van der Waals surface area contributed by atoms with Crippen LogP contribution in [0.25, 0.3) is 0 Å². The molecule has 0 amide bonds. The highest BCUT2D eigenvalue weighted by Gasteiger charge is 2.28. The minimum atomic E-state index is -0.108. The molecular formula is C16H14O4. The van der Waals surface area contributed by atoms with Crippen molar-refractivity contribution in [1.82, 2.24) is 0 Å². The Morgan fingerprint density at radius 2 is 1.70 bits per heavy atom. The monoisotopic (exact) mass is 270 g/mol. The molecule has 4 heteroatoms. The standard InChI is InChI=1S/C16H14O4/c1-18-12-7-8-13(19-2)16-14(12)15(17)11-6-4-3-5-10(11)9-20-16/h3-8H,9H2,1-2H3. The first-order chi connectivity index (χ1) is 9.76. The van der Waals surface area contributed by atoms with Crippen LogP contribution in [-0.4, -0.2) is 20.0 Å². The molecule has 0 fully saturated rings. The van der Waals surface area contributed by atoms with Crippen LogP contribution in [0.3, 0.4) is 0 Å². The Hall–Kier alpha value is -2.49. The number of ketones is 1.